The maximum absolute atomic E-state index is 7.19. The highest BCUT2D eigenvalue weighted by atomic mass is 32.2. The summed E-state index contributed by atoms with van der Waals surface area (Å²) in [6.07, 6.45) is 29.7. The van der Waals surface area contributed by atoms with Gasteiger partial charge in [0.05, 0.1) is 55.7 Å². The molecule has 4 nitrogen and oxygen atoms in total. The zero-order valence-electron chi connectivity index (χ0n) is 40.5. The molecule has 4 aromatic heterocycles. The van der Waals surface area contributed by atoms with Gasteiger partial charge in [-0.05, 0) is 38.2 Å². The van der Waals surface area contributed by atoms with Crippen LogP contribution in [0.5, 0.6) is 23.0 Å². The highest BCUT2D eigenvalue weighted by Gasteiger charge is 2.41. The Morgan fingerprint density at radius 1 is 0.364 bits per heavy atom. The maximum atomic E-state index is 7.19. The van der Waals surface area contributed by atoms with E-state index >= 15 is 0 Å². The average Bonchev–Trinajstić information content (AvgIpc) is 4.05. The summed E-state index contributed by atoms with van der Waals surface area (Å²) in [6.45, 7) is 12.3. The van der Waals surface area contributed by atoms with Gasteiger partial charge in [-0.25, -0.2) is 0 Å². The summed E-state index contributed by atoms with van der Waals surface area (Å²) in [6, 6.07) is 0. The van der Waals surface area contributed by atoms with Crippen molar-refractivity contribution in [3.8, 4) is 52.3 Å². The second-order valence-corrected chi connectivity index (χ2v) is 29.4. The Bertz CT molecular complexity index is 1990. The topological polar surface area (TPSA) is 36.9 Å². The minimum Gasteiger partial charge on any atom is -0.487 e. The van der Waals surface area contributed by atoms with Crippen molar-refractivity contribution < 1.29 is 18.9 Å². The van der Waals surface area contributed by atoms with E-state index in [0.29, 0.717) is 0 Å². The largest absolute Gasteiger partial charge is 0.487 e. The van der Waals surface area contributed by atoms with E-state index in [-0.39, 0.29) is 10.8 Å². The quantitative estimate of drug-likeness (QED) is 0.0473. The highest BCUT2D eigenvalue weighted by Crippen LogP contribution is 2.65. The van der Waals surface area contributed by atoms with Gasteiger partial charge in [-0.1, -0.05) is 130 Å². The molecule has 0 radical (unpaired) electrons. The number of thiophene rings is 4. The van der Waals surface area contributed by atoms with Gasteiger partial charge in [-0.3, -0.25) is 0 Å². The molecule has 0 bridgehead atoms. The summed E-state index contributed by atoms with van der Waals surface area (Å²) in [4.78, 5) is 14.1. The van der Waals surface area contributed by atoms with Crippen LogP contribution in [0.2, 0.25) is 0 Å². The number of thioether (sulfide) groups is 6. The molecule has 0 amide bonds. The molecule has 0 N–H and O–H groups in total. The summed E-state index contributed by atoms with van der Waals surface area (Å²) in [5, 5.41) is 0. The van der Waals surface area contributed by atoms with Crippen LogP contribution in [-0.4, -0.2) is 62.0 Å². The second-order valence-electron chi connectivity index (χ2n) is 18.8. The van der Waals surface area contributed by atoms with E-state index in [4.69, 9.17) is 18.9 Å². The van der Waals surface area contributed by atoms with E-state index in [9.17, 15) is 0 Å². The van der Waals surface area contributed by atoms with Crippen molar-refractivity contribution >= 4 is 116 Å². The molecule has 4 aliphatic heterocycles. The van der Waals surface area contributed by atoms with Crippen LogP contribution in [0.15, 0.2) is 28.0 Å². The fourth-order valence-corrected chi connectivity index (χ4v) is 22.6. The maximum Gasteiger partial charge on any atom is 0.186 e. The Hall–Kier alpha value is 0.1000. The van der Waals surface area contributed by atoms with Crippen LogP contribution in [0, 0.1) is 10.8 Å². The third-order valence-electron chi connectivity index (χ3n) is 13.7. The summed E-state index contributed by atoms with van der Waals surface area (Å²) >= 11 is 19.8. The molecule has 0 atom stereocenters. The normalized spacial score (nSPS) is 17.4. The Morgan fingerprint density at radius 3 is 0.939 bits per heavy atom. The second kappa shape index (κ2) is 25.7. The lowest BCUT2D eigenvalue weighted by atomic mass is 9.79. The minimum absolute atomic E-state index is 0.0622. The zero-order valence-corrected chi connectivity index (χ0v) is 48.7. The van der Waals surface area contributed by atoms with Gasteiger partial charge in [0, 0.05) is 53.4 Å². The van der Waals surface area contributed by atoms with Gasteiger partial charge < -0.3 is 18.9 Å². The van der Waals surface area contributed by atoms with Crippen molar-refractivity contribution in [3.63, 3.8) is 0 Å². The van der Waals surface area contributed by atoms with Gasteiger partial charge in [0.15, 0.2) is 23.0 Å². The van der Waals surface area contributed by atoms with Crippen LogP contribution in [0.25, 0.3) is 29.3 Å². The van der Waals surface area contributed by atoms with Gasteiger partial charge in [0.25, 0.3) is 0 Å². The van der Waals surface area contributed by atoms with Crippen LogP contribution in [0.4, 0.5) is 0 Å². The molecule has 0 saturated carbocycles. The Kier molecular flexibility index (Phi) is 20.4. The van der Waals surface area contributed by atoms with Crippen LogP contribution in [0.3, 0.4) is 0 Å². The first-order valence-corrected chi connectivity index (χ1v) is 34.9. The molecule has 66 heavy (non-hydrogen) atoms. The molecular formula is C52H74O4S10. The fourth-order valence-electron chi connectivity index (χ4n) is 9.86. The molecule has 8 heterocycles. The number of hydrogen-bond acceptors (Lipinski definition) is 14. The summed E-state index contributed by atoms with van der Waals surface area (Å²) in [7, 11) is 0. The molecule has 14 heteroatoms. The van der Waals surface area contributed by atoms with E-state index in [2.05, 4.69) is 87.3 Å². The van der Waals surface area contributed by atoms with E-state index < -0.39 is 0 Å². The van der Waals surface area contributed by atoms with Gasteiger partial charge in [0.2, 0.25) is 0 Å². The van der Waals surface area contributed by atoms with Crippen molar-refractivity contribution in [2.75, 3.05) is 62.0 Å². The first-order valence-electron chi connectivity index (χ1n) is 25.2. The summed E-state index contributed by atoms with van der Waals surface area (Å²) < 4.78 is 31.0. The third-order valence-corrected chi connectivity index (χ3v) is 26.8. The highest BCUT2D eigenvalue weighted by molar-refractivity contribution is 8.06. The SMILES string of the molecule is CCCCCCC1(CCCCCC)COc2c(SC)sc(-c3sc(-c4sc(-c5sc(SC)c6c5OCC(CCCCCC)(CCCCCC)CO6)c5c4SCCS5)c4c3SCCS4)c2OC1. The molecule has 0 fully saturated rings. The summed E-state index contributed by atoms with van der Waals surface area (Å²) in [5.41, 5.74) is 0.124. The van der Waals surface area contributed by atoms with E-state index in [0.717, 1.165) is 72.4 Å². The molecule has 366 valence electrons. The van der Waals surface area contributed by atoms with Gasteiger partial charge in [-0.15, -0.1) is 116 Å². The third kappa shape index (κ3) is 12.0. The molecule has 4 aromatic rings. The van der Waals surface area contributed by atoms with Gasteiger partial charge >= 0.3 is 0 Å². The van der Waals surface area contributed by atoms with Crippen LogP contribution in [0.1, 0.15) is 156 Å². The minimum atomic E-state index is 0.0622. The van der Waals surface area contributed by atoms with Crippen molar-refractivity contribution in [3.05, 3.63) is 0 Å². The standard InChI is InChI=1S/C52H74O4S10/c1-7-11-15-19-23-51(24-20-16-12-8-2)31-53-35-37(55-33-51)49(57-5)65-39(35)45-41-43(61-29-27-59-41)47(63-45)48-44-42(60-28-30-62-44)46(64-48)40-36-38(50(58-6)66-40)56-34-52(32-54-36,25-21-17-13-9-3)26-22-18-14-10-4/h7-34H2,1-6H3. The lowest BCUT2D eigenvalue weighted by molar-refractivity contribution is 0.0778. The first-order chi connectivity index (χ1) is 32.4. The monoisotopic (exact) mass is 1080 g/mol. The summed E-state index contributed by atoms with van der Waals surface area (Å²) in [5.74, 6) is 8.56. The fraction of sp³-hybridized carbons (Fsp3) is 0.692. The van der Waals surface area contributed by atoms with Crippen molar-refractivity contribution in [1.29, 1.82) is 0 Å². The number of fused-ring (bicyclic) bond motifs is 4. The number of hydrogen-bond donors (Lipinski definition) is 0. The predicted octanol–water partition coefficient (Wildman–Crippen LogP) is 20.2. The van der Waals surface area contributed by atoms with Crippen molar-refractivity contribution in [2.24, 2.45) is 10.8 Å². The number of unbranched alkanes of at least 4 members (excludes halogenated alkanes) is 12. The zero-order chi connectivity index (χ0) is 45.9. The molecule has 0 aromatic carbocycles. The van der Waals surface area contributed by atoms with E-state index in [1.54, 1.807) is 0 Å². The van der Waals surface area contributed by atoms with Gasteiger partial charge in [-0.2, -0.15) is 0 Å². The van der Waals surface area contributed by atoms with E-state index in [1.165, 1.54) is 186 Å². The molecule has 0 aliphatic carbocycles. The lowest BCUT2D eigenvalue weighted by Gasteiger charge is -2.31. The Morgan fingerprint density at radius 2 is 0.652 bits per heavy atom. The first kappa shape index (κ1) is 52.4. The molecule has 8 rings (SSSR count). The van der Waals surface area contributed by atoms with Gasteiger partial charge in [0.1, 0.15) is 8.42 Å². The Labute approximate surface area is 439 Å². The number of ether oxygens (including phenoxy) is 4. The lowest BCUT2D eigenvalue weighted by Crippen LogP contribution is -2.33. The Balaban J connectivity index is 1.14. The molecule has 0 saturated heterocycles. The van der Waals surface area contributed by atoms with Crippen molar-refractivity contribution in [2.45, 2.75) is 184 Å². The predicted molar refractivity (Wildman–Crippen MR) is 303 cm³/mol. The molecule has 0 unspecified atom stereocenters. The smallest absolute Gasteiger partial charge is 0.186 e. The van der Waals surface area contributed by atoms with Crippen LogP contribution in [-0.2, 0) is 0 Å². The molecule has 4 aliphatic rings. The van der Waals surface area contributed by atoms with E-state index in [1.807, 2.05) is 68.9 Å². The molecular weight excluding hydrogens is 1010 g/mol. The van der Waals surface area contributed by atoms with Crippen LogP contribution >= 0.6 is 116 Å². The van der Waals surface area contributed by atoms with Crippen molar-refractivity contribution in [1.82, 2.24) is 0 Å². The number of rotatable bonds is 25. The molecule has 0 spiro atoms. The van der Waals surface area contributed by atoms with Crippen LogP contribution < -0.4 is 18.9 Å². The average molecular weight is 1080 g/mol.